The number of likely N-dealkylation sites (tertiary alicyclic amines) is 1. The van der Waals surface area contributed by atoms with E-state index in [1.807, 2.05) is 30.3 Å². The predicted molar refractivity (Wildman–Crippen MR) is 68.7 cm³/mol. The van der Waals surface area contributed by atoms with Crippen LogP contribution >= 0.6 is 0 Å². The molecule has 1 atom stereocenters. The Morgan fingerprint density at radius 3 is 2.41 bits per heavy atom. The summed E-state index contributed by atoms with van der Waals surface area (Å²) in [5, 5.41) is 10.1. The van der Waals surface area contributed by atoms with E-state index in [4.69, 9.17) is 0 Å². The largest absolute Gasteiger partial charge is 0.387 e. The summed E-state index contributed by atoms with van der Waals surface area (Å²) < 4.78 is 0. The maximum Gasteiger partial charge on any atom is 0.0916 e. The molecule has 0 bridgehead atoms. The molecule has 3 rings (SSSR count). The van der Waals surface area contributed by atoms with Crippen molar-refractivity contribution < 1.29 is 5.11 Å². The van der Waals surface area contributed by atoms with Gasteiger partial charge in [-0.05, 0) is 23.8 Å². The predicted octanol–water partition coefficient (Wildman–Crippen LogP) is 2.60. The molecule has 0 aromatic heterocycles. The van der Waals surface area contributed by atoms with Crippen LogP contribution in [0.2, 0.25) is 0 Å². The van der Waals surface area contributed by atoms with E-state index >= 15 is 0 Å². The molecule has 2 aliphatic rings. The Kier molecular flexibility index (Phi) is 2.93. The van der Waals surface area contributed by atoms with Crippen LogP contribution in [0.1, 0.15) is 37.4 Å². The third kappa shape index (κ3) is 2.24. The molecule has 1 aliphatic carbocycles. The number of aliphatic hydroxyl groups excluding tert-OH is 1. The molecule has 1 saturated heterocycles. The lowest BCUT2D eigenvalue weighted by molar-refractivity contribution is -0.0239. The molecule has 1 aromatic carbocycles. The van der Waals surface area contributed by atoms with E-state index < -0.39 is 0 Å². The van der Waals surface area contributed by atoms with Gasteiger partial charge in [-0.15, -0.1) is 0 Å². The number of β-amino-alcohol motifs (C(OH)–C–C–N with tert-alkyl or cyclic N) is 1. The zero-order valence-corrected chi connectivity index (χ0v) is 10.3. The topological polar surface area (TPSA) is 23.5 Å². The molecular formula is C15H21NO. The van der Waals surface area contributed by atoms with Crippen molar-refractivity contribution in [3.05, 3.63) is 35.9 Å². The third-order valence-corrected chi connectivity index (χ3v) is 4.40. The molecule has 1 aliphatic heterocycles. The van der Waals surface area contributed by atoms with Crippen LogP contribution in [0.15, 0.2) is 30.3 Å². The molecule has 1 saturated carbocycles. The summed E-state index contributed by atoms with van der Waals surface area (Å²) in [5.41, 5.74) is 1.68. The van der Waals surface area contributed by atoms with E-state index in [2.05, 4.69) is 4.90 Å². The molecule has 1 aromatic rings. The van der Waals surface area contributed by atoms with E-state index in [-0.39, 0.29) is 6.10 Å². The second-order valence-electron chi connectivity index (χ2n) is 5.80. The van der Waals surface area contributed by atoms with Gasteiger partial charge in [0.15, 0.2) is 0 Å². The first-order valence-corrected chi connectivity index (χ1v) is 6.73. The van der Waals surface area contributed by atoms with Crippen LogP contribution < -0.4 is 0 Å². The van der Waals surface area contributed by atoms with Crippen LogP contribution in [0.5, 0.6) is 0 Å². The fraction of sp³-hybridized carbons (Fsp3) is 0.600. The normalized spacial score (nSPS) is 24.8. The third-order valence-electron chi connectivity index (χ3n) is 4.40. The van der Waals surface area contributed by atoms with Crippen molar-refractivity contribution in [3.8, 4) is 0 Å². The van der Waals surface area contributed by atoms with Gasteiger partial charge >= 0.3 is 0 Å². The molecular weight excluding hydrogens is 210 g/mol. The van der Waals surface area contributed by atoms with E-state index in [1.165, 1.54) is 38.8 Å². The highest BCUT2D eigenvalue weighted by Gasteiger charge is 2.44. The number of rotatable bonds is 3. The molecule has 1 heterocycles. The molecule has 0 radical (unpaired) electrons. The Bertz CT molecular complexity index is 362. The van der Waals surface area contributed by atoms with Crippen molar-refractivity contribution in [3.63, 3.8) is 0 Å². The zero-order chi connectivity index (χ0) is 11.7. The van der Waals surface area contributed by atoms with Crippen molar-refractivity contribution in [2.24, 2.45) is 5.41 Å². The molecule has 2 nitrogen and oxygen atoms in total. The van der Waals surface area contributed by atoms with Gasteiger partial charge in [0.2, 0.25) is 0 Å². The summed E-state index contributed by atoms with van der Waals surface area (Å²) in [4.78, 5) is 2.41. The Morgan fingerprint density at radius 2 is 1.76 bits per heavy atom. The molecule has 1 N–H and O–H groups in total. The smallest absolute Gasteiger partial charge is 0.0916 e. The van der Waals surface area contributed by atoms with Crippen LogP contribution in [-0.2, 0) is 0 Å². The van der Waals surface area contributed by atoms with Gasteiger partial charge in [0.1, 0.15) is 0 Å². The monoisotopic (exact) mass is 231 g/mol. The maximum atomic E-state index is 10.1. The highest BCUT2D eigenvalue weighted by Crippen LogP contribution is 2.45. The minimum Gasteiger partial charge on any atom is -0.387 e. The highest BCUT2D eigenvalue weighted by atomic mass is 16.3. The van der Waals surface area contributed by atoms with E-state index in [9.17, 15) is 5.11 Å². The average Bonchev–Trinajstić information content (AvgIpc) is 2.79. The Hall–Kier alpha value is -0.860. The van der Waals surface area contributed by atoms with Gasteiger partial charge < -0.3 is 5.11 Å². The van der Waals surface area contributed by atoms with E-state index in [0.717, 1.165) is 12.1 Å². The first-order valence-electron chi connectivity index (χ1n) is 6.73. The second-order valence-corrected chi connectivity index (χ2v) is 5.80. The minimum absolute atomic E-state index is 0.324. The molecule has 92 valence electrons. The molecule has 17 heavy (non-hydrogen) atoms. The lowest BCUT2D eigenvalue weighted by Gasteiger charge is -2.49. The van der Waals surface area contributed by atoms with Crippen molar-refractivity contribution >= 4 is 0 Å². The van der Waals surface area contributed by atoms with E-state index in [1.54, 1.807) is 0 Å². The summed E-state index contributed by atoms with van der Waals surface area (Å²) in [6.45, 7) is 3.21. The van der Waals surface area contributed by atoms with Crippen molar-refractivity contribution in [2.75, 3.05) is 19.6 Å². The fourth-order valence-electron chi connectivity index (χ4n) is 3.50. The van der Waals surface area contributed by atoms with Gasteiger partial charge in [-0.2, -0.15) is 0 Å². The lowest BCUT2D eigenvalue weighted by Crippen LogP contribution is -2.55. The number of hydrogen-bond donors (Lipinski definition) is 1. The van der Waals surface area contributed by atoms with Gasteiger partial charge in [0.05, 0.1) is 6.10 Å². The Morgan fingerprint density at radius 1 is 1.12 bits per heavy atom. The van der Waals surface area contributed by atoms with Gasteiger partial charge in [0, 0.05) is 19.6 Å². The quantitative estimate of drug-likeness (QED) is 0.864. The van der Waals surface area contributed by atoms with Crippen molar-refractivity contribution in [1.29, 1.82) is 0 Å². The van der Waals surface area contributed by atoms with Crippen LogP contribution in [-0.4, -0.2) is 29.6 Å². The summed E-state index contributed by atoms with van der Waals surface area (Å²) in [5.74, 6) is 0. The Labute approximate surface area is 103 Å². The number of hydrogen-bond acceptors (Lipinski definition) is 2. The second kappa shape index (κ2) is 4.43. The van der Waals surface area contributed by atoms with Gasteiger partial charge in [-0.1, -0.05) is 43.2 Å². The molecule has 1 spiro atoms. The van der Waals surface area contributed by atoms with Gasteiger partial charge in [-0.3, -0.25) is 4.90 Å². The minimum atomic E-state index is -0.324. The van der Waals surface area contributed by atoms with Gasteiger partial charge in [0.25, 0.3) is 0 Å². The number of benzene rings is 1. The van der Waals surface area contributed by atoms with Gasteiger partial charge in [-0.25, -0.2) is 0 Å². The summed E-state index contributed by atoms with van der Waals surface area (Å²) in [7, 11) is 0. The summed E-state index contributed by atoms with van der Waals surface area (Å²) in [6, 6.07) is 10.00. The fourth-order valence-corrected chi connectivity index (χ4v) is 3.50. The first-order chi connectivity index (χ1) is 8.27. The number of nitrogens with zero attached hydrogens (tertiary/aromatic N) is 1. The van der Waals surface area contributed by atoms with E-state index in [0.29, 0.717) is 5.41 Å². The summed E-state index contributed by atoms with van der Waals surface area (Å²) in [6.07, 6.45) is 5.31. The van der Waals surface area contributed by atoms with Crippen LogP contribution in [0, 0.1) is 5.41 Å². The van der Waals surface area contributed by atoms with Crippen molar-refractivity contribution in [1.82, 2.24) is 4.90 Å². The average molecular weight is 231 g/mol. The standard InChI is InChI=1S/C15H21NO/c17-14(13-6-2-1-3-7-13)10-16-11-15(12-16)8-4-5-9-15/h1-3,6-7,14,17H,4-5,8-12H2. The molecule has 0 amide bonds. The molecule has 2 fully saturated rings. The lowest BCUT2D eigenvalue weighted by atomic mass is 9.78. The Balaban J connectivity index is 1.52. The van der Waals surface area contributed by atoms with Crippen LogP contribution in [0.3, 0.4) is 0 Å². The SMILES string of the molecule is OC(CN1CC2(CCCC2)C1)c1ccccc1. The molecule has 2 heteroatoms. The maximum absolute atomic E-state index is 10.1. The highest BCUT2D eigenvalue weighted by molar-refractivity contribution is 5.18. The van der Waals surface area contributed by atoms with Crippen LogP contribution in [0.4, 0.5) is 0 Å². The van der Waals surface area contributed by atoms with Crippen molar-refractivity contribution in [2.45, 2.75) is 31.8 Å². The molecule has 1 unspecified atom stereocenters. The zero-order valence-electron chi connectivity index (χ0n) is 10.3. The number of aliphatic hydroxyl groups is 1. The van der Waals surface area contributed by atoms with Crippen LogP contribution in [0.25, 0.3) is 0 Å². The first kappa shape index (κ1) is 11.2. The summed E-state index contributed by atoms with van der Waals surface area (Å²) >= 11 is 0.